The summed E-state index contributed by atoms with van der Waals surface area (Å²) < 4.78 is 43.0. The van der Waals surface area contributed by atoms with Crippen molar-refractivity contribution in [1.29, 1.82) is 0 Å². The molecule has 0 spiro atoms. The third kappa shape index (κ3) is 5.84. The first-order valence-electron chi connectivity index (χ1n) is 11.2. The van der Waals surface area contributed by atoms with E-state index in [0.717, 1.165) is 9.88 Å². The maximum Gasteiger partial charge on any atom is 0.354 e. The number of methoxy groups -OCH3 is 2. The van der Waals surface area contributed by atoms with Gasteiger partial charge in [-0.1, -0.05) is 18.7 Å². The number of aromatic carboxylic acids is 1. The summed E-state index contributed by atoms with van der Waals surface area (Å²) in [5.41, 5.74) is 1.43. The minimum absolute atomic E-state index is 0.00846. The summed E-state index contributed by atoms with van der Waals surface area (Å²) in [5.74, 6) is -1.27. The molecule has 1 unspecified atom stereocenters. The van der Waals surface area contributed by atoms with Crippen LogP contribution in [0.1, 0.15) is 23.0 Å². The largest absolute Gasteiger partial charge is 0.755 e. The molecule has 0 aliphatic heterocycles. The molecular formula is C26H22N5O7S-. The molecule has 1 N–H and O–H groups in total. The number of hydrogen-bond donors (Lipinski definition) is 1. The highest BCUT2D eigenvalue weighted by atomic mass is 32.2. The number of ether oxygens (including phenoxy) is 3. The quantitative estimate of drug-likeness (QED) is 0.280. The van der Waals surface area contributed by atoms with Crippen molar-refractivity contribution in [2.24, 2.45) is 0 Å². The Bertz CT molecular complexity index is 1560. The van der Waals surface area contributed by atoms with Crippen molar-refractivity contribution in [2.75, 3.05) is 18.5 Å². The molecular weight excluding hydrogens is 526 g/mol. The van der Waals surface area contributed by atoms with E-state index in [1.807, 2.05) is 0 Å². The Morgan fingerprint density at radius 1 is 1.05 bits per heavy atom. The van der Waals surface area contributed by atoms with Crippen molar-refractivity contribution >= 4 is 34.4 Å². The minimum Gasteiger partial charge on any atom is -0.755 e. The SMILES string of the molecule is C=C(C)c1ccc(N(c2nc(-c3ccnc(C(=O)O)c3)nc(OC)c2Oc2ccccc2OC)S(=O)[O-])nc1. The van der Waals surface area contributed by atoms with Crippen LogP contribution in [-0.4, -0.2) is 54.0 Å². The molecule has 1 atom stereocenters. The number of aromatic nitrogens is 4. The Hall–Kier alpha value is -4.88. The summed E-state index contributed by atoms with van der Waals surface area (Å²) in [4.78, 5) is 28.4. The van der Waals surface area contributed by atoms with Gasteiger partial charge in [0.2, 0.25) is 5.75 Å². The third-order valence-corrected chi connectivity index (χ3v) is 5.98. The predicted octanol–water partition coefficient (Wildman–Crippen LogP) is 4.41. The number of carboxylic acid groups (broad SMARTS) is 1. The summed E-state index contributed by atoms with van der Waals surface area (Å²) in [6.07, 6.45) is 2.74. The van der Waals surface area contributed by atoms with Crippen LogP contribution in [0.25, 0.3) is 17.0 Å². The fourth-order valence-corrected chi connectivity index (χ4v) is 3.95. The van der Waals surface area contributed by atoms with Gasteiger partial charge in [0.25, 0.3) is 5.88 Å². The summed E-state index contributed by atoms with van der Waals surface area (Å²) in [7, 11) is 2.77. The second-order valence-electron chi connectivity index (χ2n) is 7.89. The number of allylic oxidation sites excluding steroid dienone is 1. The van der Waals surface area contributed by atoms with E-state index in [-0.39, 0.29) is 46.1 Å². The molecule has 3 aromatic heterocycles. The lowest BCUT2D eigenvalue weighted by molar-refractivity contribution is 0.0690. The van der Waals surface area contributed by atoms with Gasteiger partial charge in [-0.25, -0.2) is 24.1 Å². The van der Waals surface area contributed by atoms with Crippen LogP contribution in [0.3, 0.4) is 0 Å². The van der Waals surface area contributed by atoms with Crippen molar-refractivity contribution in [3.63, 3.8) is 0 Å². The lowest BCUT2D eigenvalue weighted by Crippen LogP contribution is -2.23. The Morgan fingerprint density at radius 2 is 1.79 bits per heavy atom. The molecule has 4 aromatic rings. The second kappa shape index (κ2) is 11.7. The average molecular weight is 549 g/mol. The van der Waals surface area contributed by atoms with E-state index in [0.29, 0.717) is 11.3 Å². The Labute approximate surface area is 226 Å². The van der Waals surface area contributed by atoms with Gasteiger partial charge < -0.3 is 23.9 Å². The number of carboxylic acids is 1. The molecule has 0 saturated heterocycles. The highest BCUT2D eigenvalue weighted by molar-refractivity contribution is 7.81. The number of benzene rings is 1. The van der Waals surface area contributed by atoms with E-state index < -0.39 is 17.2 Å². The fraction of sp³-hybridized carbons (Fsp3) is 0.115. The molecule has 12 nitrogen and oxygen atoms in total. The number of rotatable bonds is 10. The highest BCUT2D eigenvalue weighted by Crippen LogP contribution is 2.44. The third-order valence-electron chi connectivity index (χ3n) is 5.32. The van der Waals surface area contributed by atoms with E-state index >= 15 is 0 Å². The normalized spacial score (nSPS) is 11.4. The second-order valence-corrected chi connectivity index (χ2v) is 8.69. The molecule has 0 bridgehead atoms. The molecule has 0 fully saturated rings. The van der Waals surface area contributed by atoms with E-state index in [4.69, 9.17) is 14.2 Å². The van der Waals surface area contributed by atoms with Gasteiger partial charge in [-0.2, -0.15) is 4.98 Å². The maximum atomic E-state index is 12.6. The molecule has 0 saturated carbocycles. The predicted molar refractivity (Wildman–Crippen MR) is 142 cm³/mol. The minimum atomic E-state index is -2.95. The van der Waals surface area contributed by atoms with E-state index in [2.05, 4.69) is 26.5 Å². The number of carbonyl (C=O) groups is 1. The van der Waals surface area contributed by atoms with Gasteiger partial charge in [-0.05, 0) is 54.5 Å². The van der Waals surface area contributed by atoms with E-state index in [1.165, 1.54) is 44.8 Å². The monoisotopic (exact) mass is 548 g/mol. The number of para-hydroxylation sites is 2. The maximum absolute atomic E-state index is 12.6. The Kier molecular flexibility index (Phi) is 8.13. The first-order chi connectivity index (χ1) is 18.7. The molecule has 0 radical (unpaired) electrons. The average Bonchev–Trinajstić information content (AvgIpc) is 2.94. The lowest BCUT2D eigenvalue weighted by Gasteiger charge is -2.27. The van der Waals surface area contributed by atoms with Crippen molar-refractivity contribution in [3.8, 4) is 34.5 Å². The zero-order chi connectivity index (χ0) is 28.1. The smallest absolute Gasteiger partial charge is 0.354 e. The van der Waals surface area contributed by atoms with Crippen LogP contribution in [0, 0.1) is 0 Å². The first kappa shape index (κ1) is 27.2. The van der Waals surface area contributed by atoms with Crippen LogP contribution in [-0.2, 0) is 11.3 Å². The Balaban J connectivity index is 1.98. The van der Waals surface area contributed by atoms with Crippen LogP contribution in [0.15, 0.2) is 67.5 Å². The lowest BCUT2D eigenvalue weighted by atomic mass is 10.1. The number of pyridine rings is 2. The molecule has 0 aliphatic carbocycles. The van der Waals surface area contributed by atoms with Crippen molar-refractivity contribution < 1.29 is 32.9 Å². The number of nitrogens with zero attached hydrogens (tertiary/aromatic N) is 5. The first-order valence-corrected chi connectivity index (χ1v) is 12.2. The molecule has 3 heterocycles. The van der Waals surface area contributed by atoms with Gasteiger partial charge in [-0.3, -0.25) is 4.21 Å². The van der Waals surface area contributed by atoms with Gasteiger partial charge in [-0.15, -0.1) is 0 Å². The summed E-state index contributed by atoms with van der Waals surface area (Å²) >= 11 is -2.95. The van der Waals surface area contributed by atoms with Crippen molar-refractivity contribution in [2.45, 2.75) is 6.92 Å². The van der Waals surface area contributed by atoms with Gasteiger partial charge in [0.15, 0.2) is 23.1 Å². The molecule has 200 valence electrons. The molecule has 39 heavy (non-hydrogen) atoms. The van der Waals surface area contributed by atoms with Gasteiger partial charge >= 0.3 is 5.97 Å². The van der Waals surface area contributed by atoms with Crippen LogP contribution in [0.5, 0.6) is 23.1 Å². The van der Waals surface area contributed by atoms with E-state index in [9.17, 15) is 18.7 Å². The fourth-order valence-electron chi connectivity index (χ4n) is 3.43. The molecule has 13 heteroatoms. The van der Waals surface area contributed by atoms with Gasteiger partial charge in [0, 0.05) is 18.0 Å². The molecule has 0 aliphatic rings. The topological polar surface area (TPSA) is 160 Å². The number of anilines is 2. The summed E-state index contributed by atoms with van der Waals surface area (Å²) in [6.45, 7) is 5.66. The van der Waals surface area contributed by atoms with Gasteiger partial charge in [0.1, 0.15) is 11.5 Å². The van der Waals surface area contributed by atoms with Crippen LogP contribution in [0.2, 0.25) is 0 Å². The molecule has 0 amide bonds. The zero-order valence-corrected chi connectivity index (χ0v) is 21.8. The van der Waals surface area contributed by atoms with Crippen LogP contribution < -0.4 is 18.5 Å². The molecule has 1 aromatic carbocycles. The van der Waals surface area contributed by atoms with Gasteiger partial charge in [0.05, 0.1) is 25.5 Å². The van der Waals surface area contributed by atoms with Crippen LogP contribution >= 0.6 is 0 Å². The van der Waals surface area contributed by atoms with Crippen molar-refractivity contribution in [3.05, 3.63) is 78.8 Å². The number of hydrogen-bond acceptors (Lipinski definition) is 10. The zero-order valence-electron chi connectivity index (χ0n) is 21.0. The summed E-state index contributed by atoms with van der Waals surface area (Å²) in [6, 6.07) is 12.6. The summed E-state index contributed by atoms with van der Waals surface area (Å²) in [5, 5.41) is 9.38. The standard InChI is InChI=1S/C26H23N5O7S/c1-15(2)17-9-10-21(28-14-17)31(39(34)35)24-22(38-20-8-6-5-7-19(20)36-3)25(37-4)30-23(29-24)16-11-12-27-18(13-16)26(32)33/h5-14H,1H2,2-4H3,(H,32,33)(H,34,35)/p-1. The highest BCUT2D eigenvalue weighted by Gasteiger charge is 2.27. The molecule has 4 rings (SSSR count). The Morgan fingerprint density at radius 3 is 2.38 bits per heavy atom. The van der Waals surface area contributed by atoms with Crippen molar-refractivity contribution in [1.82, 2.24) is 19.9 Å². The van der Waals surface area contributed by atoms with E-state index in [1.54, 1.807) is 37.3 Å². The van der Waals surface area contributed by atoms with Crippen LogP contribution in [0.4, 0.5) is 11.6 Å².